The van der Waals surface area contributed by atoms with E-state index in [0.717, 1.165) is 6.07 Å². The van der Waals surface area contributed by atoms with Gasteiger partial charge in [0.25, 0.3) is 5.91 Å². The Kier molecular flexibility index (Phi) is 6.97. The predicted molar refractivity (Wildman–Crippen MR) is 117 cm³/mol. The van der Waals surface area contributed by atoms with Gasteiger partial charge in [-0.1, -0.05) is 6.07 Å². The zero-order chi connectivity index (χ0) is 22.6. The Morgan fingerprint density at radius 3 is 2.45 bits per heavy atom. The molecule has 0 saturated heterocycles. The number of nitrogens with one attached hydrogen (secondary N) is 1. The Labute approximate surface area is 184 Å². The smallest absolute Gasteiger partial charge is 0.251 e. The molecule has 0 bridgehead atoms. The number of carbonyl (C=O) groups excluding carboxylic acids is 1. The number of benzene rings is 2. The van der Waals surface area contributed by atoms with Crippen molar-refractivity contribution in [2.45, 2.75) is 17.1 Å². The number of sulfone groups is 1. The highest BCUT2D eigenvalue weighted by molar-refractivity contribution is 7.91. The number of aryl methyl sites for hydroxylation is 1. The summed E-state index contributed by atoms with van der Waals surface area (Å²) in [5, 5.41) is 3.45. The van der Waals surface area contributed by atoms with Gasteiger partial charge in [-0.3, -0.25) is 4.79 Å². The van der Waals surface area contributed by atoms with Crippen LogP contribution in [-0.4, -0.2) is 35.1 Å². The molecule has 0 aliphatic carbocycles. The molecule has 3 aromatic rings. The number of ether oxygens (including phenoxy) is 2. The molecule has 0 radical (unpaired) electrons. The van der Waals surface area contributed by atoms with Gasteiger partial charge in [0.1, 0.15) is 11.1 Å². The van der Waals surface area contributed by atoms with E-state index in [-0.39, 0.29) is 17.0 Å². The molecule has 1 aromatic heterocycles. The van der Waals surface area contributed by atoms with Gasteiger partial charge in [0.2, 0.25) is 0 Å². The quantitative estimate of drug-likeness (QED) is 0.508. The summed E-state index contributed by atoms with van der Waals surface area (Å²) in [7, 11) is -0.927. The van der Waals surface area contributed by atoms with Crippen molar-refractivity contribution in [1.29, 1.82) is 0 Å². The first-order valence-corrected chi connectivity index (χ1v) is 11.7. The number of thiophene rings is 1. The maximum Gasteiger partial charge on any atom is 0.251 e. The number of rotatable bonds is 8. The maximum atomic E-state index is 13.6. The van der Waals surface area contributed by atoms with E-state index in [0.29, 0.717) is 21.9 Å². The lowest BCUT2D eigenvalue weighted by Crippen LogP contribution is -2.31. The van der Waals surface area contributed by atoms with E-state index in [9.17, 15) is 17.6 Å². The molecule has 1 atom stereocenters. The molecule has 164 valence electrons. The Morgan fingerprint density at radius 1 is 1.10 bits per heavy atom. The molecule has 6 nitrogen and oxygen atoms in total. The number of carbonyl (C=O) groups is 1. The molecule has 0 aliphatic rings. The fraction of sp³-hybridized carbons (Fsp3) is 0.227. The van der Waals surface area contributed by atoms with Crippen molar-refractivity contribution in [1.82, 2.24) is 5.32 Å². The van der Waals surface area contributed by atoms with E-state index < -0.39 is 26.8 Å². The van der Waals surface area contributed by atoms with Crippen LogP contribution in [0.4, 0.5) is 4.39 Å². The number of amides is 1. The number of methoxy groups -OCH3 is 2. The van der Waals surface area contributed by atoms with E-state index in [2.05, 4.69) is 5.32 Å². The van der Waals surface area contributed by atoms with Gasteiger partial charge < -0.3 is 14.8 Å². The van der Waals surface area contributed by atoms with Crippen molar-refractivity contribution in [2.75, 3.05) is 20.8 Å². The third-order valence-corrected chi connectivity index (χ3v) is 8.00. The van der Waals surface area contributed by atoms with E-state index in [4.69, 9.17) is 9.47 Å². The molecule has 0 spiro atoms. The normalized spacial score (nSPS) is 12.3. The molecule has 0 fully saturated rings. The van der Waals surface area contributed by atoms with Crippen molar-refractivity contribution in [3.63, 3.8) is 0 Å². The van der Waals surface area contributed by atoms with Gasteiger partial charge in [-0.05, 0) is 60.3 Å². The topological polar surface area (TPSA) is 81.7 Å². The number of hydrogen-bond donors (Lipinski definition) is 1. The Hall–Kier alpha value is -2.91. The molecular formula is C22H22FNO5S2. The molecular weight excluding hydrogens is 441 g/mol. The van der Waals surface area contributed by atoms with Gasteiger partial charge >= 0.3 is 0 Å². The monoisotopic (exact) mass is 463 g/mol. The lowest BCUT2D eigenvalue weighted by Gasteiger charge is -2.18. The van der Waals surface area contributed by atoms with Gasteiger partial charge in [-0.25, -0.2) is 12.8 Å². The summed E-state index contributed by atoms with van der Waals surface area (Å²) in [5.41, 5.74) is 0.540. The molecule has 1 heterocycles. The fourth-order valence-corrected chi connectivity index (χ4v) is 5.93. The first kappa shape index (κ1) is 22.8. The summed E-state index contributed by atoms with van der Waals surface area (Å²) < 4.78 is 50.7. The molecule has 0 saturated carbocycles. The second-order valence-corrected chi connectivity index (χ2v) is 9.85. The van der Waals surface area contributed by atoms with Crippen LogP contribution in [0.25, 0.3) is 0 Å². The summed E-state index contributed by atoms with van der Waals surface area (Å²) >= 11 is 1.28. The van der Waals surface area contributed by atoms with Crippen molar-refractivity contribution in [3.8, 4) is 11.5 Å². The van der Waals surface area contributed by atoms with E-state index in [1.165, 1.54) is 50.7 Å². The minimum Gasteiger partial charge on any atom is -0.493 e. The Bertz CT molecular complexity index is 1180. The Balaban J connectivity index is 1.87. The minimum absolute atomic E-state index is 0.00478. The fourth-order valence-electron chi connectivity index (χ4n) is 3.06. The van der Waals surface area contributed by atoms with Crippen molar-refractivity contribution in [2.24, 2.45) is 0 Å². The van der Waals surface area contributed by atoms with Crippen molar-refractivity contribution in [3.05, 3.63) is 75.7 Å². The molecule has 0 unspecified atom stereocenters. The summed E-state index contributed by atoms with van der Waals surface area (Å²) in [6, 6.07) is 11.8. The zero-order valence-electron chi connectivity index (χ0n) is 17.2. The largest absolute Gasteiger partial charge is 0.493 e. The summed E-state index contributed by atoms with van der Waals surface area (Å²) in [6.07, 6.45) is 0. The zero-order valence-corrected chi connectivity index (χ0v) is 18.8. The van der Waals surface area contributed by atoms with E-state index in [1.807, 2.05) is 0 Å². The van der Waals surface area contributed by atoms with Gasteiger partial charge in [0, 0.05) is 17.0 Å². The second kappa shape index (κ2) is 9.49. The first-order valence-electron chi connectivity index (χ1n) is 9.31. The number of hydrogen-bond acceptors (Lipinski definition) is 6. The van der Waals surface area contributed by atoms with Crippen molar-refractivity contribution < 1.29 is 27.1 Å². The lowest BCUT2D eigenvalue weighted by atomic mass is 10.2. The Morgan fingerprint density at radius 2 is 1.84 bits per heavy atom. The van der Waals surface area contributed by atoms with Crippen LogP contribution < -0.4 is 14.8 Å². The summed E-state index contributed by atoms with van der Waals surface area (Å²) in [4.78, 5) is 13.3. The lowest BCUT2D eigenvalue weighted by molar-refractivity contribution is 0.0953. The van der Waals surface area contributed by atoms with Gasteiger partial charge in [-0.2, -0.15) is 0 Å². The van der Waals surface area contributed by atoms with Gasteiger partial charge in [0.15, 0.2) is 21.3 Å². The molecule has 3 rings (SSSR count). The SMILES string of the molecule is COc1ccc(C(=O)NC[C@H](c2cccs2)S(=O)(=O)c2ccc(F)c(C)c2)cc1OC. The molecule has 1 N–H and O–H groups in total. The highest BCUT2D eigenvalue weighted by Crippen LogP contribution is 2.32. The van der Waals surface area contributed by atoms with Crippen LogP contribution in [0.3, 0.4) is 0 Å². The summed E-state index contributed by atoms with van der Waals surface area (Å²) in [5.74, 6) is -0.0643. The van der Waals surface area contributed by atoms with E-state index in [1.54, 1.807) is 29.6 Å². The van der Waals surface area contributed by atoms with Crippen molar-refractivity contribution >= 4 is 27.1 Å². The van der Waals surface area contributed by atoms with Crippen LogP contribution in [0.15, 0.2) is 58.8 Å². The van der Waals surface area contributed by atoms with E-state index >= 15 is 0 Å². The average molecular weight is 464 g/mol. The molecule has 0 aliphatic heterocycles. The standard InChI is InChI=1S/C22H22FNO5S2/c1-14-11-16(7-8-17(14)23)31(26,27)21(20-5-4-10-30-20)13-24-22(25)15-6-9-18(28-2)19(12-15)29-3/h4-12,21H,13H2,1-3H3,(H,24,25)/t21-/m1/s1. The highest BCUT2D eigenvalue weighted by Gasteiger charge is 2.31. The van der Waals surface area contributed by atoms with Gasteiger partial charge in [0.05, 0.1) is 19.1 Å². The molecule has 9 heteroatoms. The second-order valence-electron chi connectivity index (χ2n) is 6.74. The average Bonchev–Trinajstić information content (AvgIpc) is 3.29. The van der Waals surface area contributed by atoms with Crippen LogP contribution in [0.5, 0.6) is 11.5 Å². The van der Waals surface area contributed by atoms with Crippen LogP contribution in [0, 0.1) is 12.7 Å². The molecule has 31 heavy (non-hydrogen) atoms. The first-order chi connectivity index (χ1) is 14.8. The van der Waals surface area contributed by atoms with Crippen LogP contribution in [-0.2, 0) is 9.84 Å². The van der Waals surface area contributed by atoms with Gasteiger partial charge in [-0.15, -0.1) is 11.3 Å². The van der Waals surface area contributed by atoms with Crippen LogP contribution in [0.1, 0.15) is 26.0 Å². The third kappa shape index (κ3) is 4.88. The summed E-state index contributed by atoms with van der Waals surface area (Å²) in [6.45, 7) is 1.36. The van der Waals surface area contributed by atoms with Crippen LogP contribution >= 0.6 is 11.3 Å². The number of halogens is 1. The molecule has 1 amide bonds. The third-order valence-electron chi connectivity index (χ3n) is 4.79. The minimum atomic E-state index is -3.88. The van der Waals surface area contributed by atoms with Crippen LogP contribution in [0.2, 0.25) is 0 Å². The maximum absolute atomic E-state index is 13.6. The highest BCUT2D eigenvalue weighted by atomic mass is 32.2. The molecule has 2 aromatic carbocycles. The predicted octanol–water partition coefficient (Wildman–Crippen LogP) is 4.16.